The molecular weight excluding hydrogens is 492 g/mol. The fourth-order valence-corrected chi connectivity index (χ4v) is 3.00. The Labute approximate surface area is 237 Å². The van der Waals surface area contributed by atoms with Crippen LogP contribution in [-0.2, 0) is 41.0 Å². The van der Waals surface area contributed by atoms with E-state index in [-0.39, 0.29) is 39.0 Å². The maximum atomic E-state index is 11.0. The van der Waals surface area contributed by atoms with Crippen molar-refractivity contribution < 1.29 is 37.0 Å². The minimum absolute atomic E-state index is 0. The Kier molecular flexibility index (Phi) is 18.7. The van der Waals surface area contributed by atoms with E-state index in [9.17, 15) is 15.3 Å². The minimum atomic E-state index is 0. The summed E-state index contributed by atoms with van der Waals surface area (Å²) in [5.41, 5.74) is 3.72. The van der Waals surface area contributed by atoms with Gasteiger partial charge in [0.15, 0.2) is 0 Å². The molecule has 0 aliphatic heterocycles. The van der Waals surface area contributed by atoms with Crippen molar-refractivity contribution in [2.24, 2.45) is 0 Å². The molecule has 0 fully saturated rings. The van der Waals surface area contributed by atoms with Gasteiger partial charge in [-0.25, -0.2) is 11.6 Å². The SMILES string of the molecule is C=CCc1ccccc1[O-].C=CCc1ccccc1[O-].C=CCc1ccccc1[O-].CC1=[C-]CC=C1.[Ti+4]. The van der Waals surface area contributed by atoms with Gasteiger partial charge in [-0.05, 0) is 19.3 Å². The van der Waals surface area contributed by atoms with Crippen molar-refractivity contribution in [1.29, 1.82) is 0 Å². The number of para-hydroxylation sites is 3. The van der Waals surface area contributed by atoms with Crippen LogP contribution in [0.5, 0.6) is 17.2 Å². The summed E-state index contributed by atoms with van der Waals surface area (Å²) in [6.07, 6.45) is 15.5. The second-order valence-corrected chi connectivity index (χ2v) is 7.77. The molecule has 0 amide bonds. The molecule has 0 unspecified atom stereocenters. The van der Waals surface area contributed by atoms with Crippen molar-refractivity contribution >= 4 is 0 Å². The van der Waals surface area contributed by atoms with Gasteiger partial charge in [0, 0.05) is 0 Å². The molecule has 0 saturated carbocycles. The Morgan fingerprint density at radius 2 is 0.973 bits per heavy atom. The van der Waals surface area contributed by atoms with Crippen LogP contribution in [0.15, 0.2) is 128 Å². The first kappa shape index (κ1) is 33.5. The van der Waals surface area contributed by atoms with E-state index < -0.39 is 0 Å². The molecule has 0 N–H and O–H groups in total. The average Bonchev–Trinajstić information content (AvgIpc) is 3.36. The predicted molar refractivity (Wildman–Crippen MR) is 146 cm³/mol. The molecule has 0 atom stereocenters. The van der Waals surface area contributed by atoms with E-state index in [1.165, 1.54) is 5.57 Å². The summed E-state index contributed by atoms with van der Waals surface area (Å²) in [4.78, 5) is 0. The second kappa shape index (κ2) is 20.6. The Bertz CT molecular complexity index is 1020. The van der Waals surface area contributed by atoms with Gasteiger partial charge in [-0.15, -0.1) is 43.4 Å². The molecule has 188 valence electrons. The molecule has 0 radical (unpaired) electrons. The van der Waals surface area contributed by atoms with Gasteiger partial charge in [0.2, 0.25) is 0 Å². The van der Waals surface area contributed by atoms with E-state index in [1.54, 1.807) is 54.6 Å². The molecule has 0 heterocycles. The van der Waals surface area contributed by atoms with Gasteiger partial charge < -0.3 is 15.3 Å². The third-order valence-corrected chi connectivity index (χ3v) is 4.88. The van der Waals surface area contributed by atoms with Gasteiger partial charge in [-0.1, -0.05) is 115 Å². The maximum Gasteiger partial charge on any atom is 4.00 e. The van der Waals surface area contributed by atoms with Crippen LogP contribution in [0.25, 0.3) is 0 Å². The van der Waals surface area contributed by atoms with E-state index in [0.29, 0.717) is 19.3 Å². The van der Waals surface area contributed by atoms with Crippen molar-refractivity contribution in [1.82, 2.24) is 0 Å². The van der Waals surface area contributed by atoms with Crippen molar-refractivity contribution in [2.75, 3.05) is 0 Å². The van der Waals surface area contributed by atoms with Gasteiger partial charge in [0.25, 0.3) is 0 Å². The van der Waals surface area contributed by atoms with Crippen molar-refractivity contribution in [3.05, 3.63) is 151 Å². The van der Waals surface area contributed by atoms with Crippen LogP contribution in [0.3, 0.4) is 0 Å². The molecule has 0 aromatic heterocycles. The number of allylic oxidation sites excluding steroid dienone is 7. The number of hydrogen-bond donors (Lipinski definition) is 0. The summed E-state index contributed by atoms with van der Waals surface area (Å²) in [5, 5.41) is 32.9. The predicted octanol–water partition coefficient (Wildman–Crippen LogP) is 6.16. The molecular formula is C33H34O3Ti. The smallest absolute Gasteiger partial charge is 0.872 e. The molecule has 0 spiro atoms. The van der Waals surface area contributed by atoms with Crippen molar-refractivity contribution in [3.8, 4) is 17.2 Å². The monoisotopic (exact) mass is 526 g/mol. The zero-order chi connectivity index (χ0) is 26.6. The molecule has 0 saturated heterocycles. The summed E-state index contributed by atoms with van der Waals surface area (Å²) < 4.78 is 0. The summed E-state index contributed by atoms with van der Waals surface area (Å²) >= 11 is 0. The van der Waals surface area contributed by atoms with E-state index in [2.05, 4.69) is 44.9 Å². The quantitative estimate of drug-likeness (QED) is 0.220. The zero-order valence-corrected chi connectivity index (χ0v) is 23.1. The fraction of sp³-hybridized carbons (Fsp3) is 0.152. The average molecular weight is 526 g/mol. The van der Waals surface area contributed by atoms with Crippen LogP contribution < -0.4 is 15.3 Å². The topological polar surface area (TPSA) is 69.2 Å². The van der Waals surface area contributed by atoms with Crippen LogP contribution in [0.1, 0.15) is 30.0 Å². The summed E-state index contributed by atoms with van der Waals surface area (Å²) in [6, 6.07) is 21.0. The van der Waals surface area contributed by atoms with Gasteiger partial charge >= 0.3 is 21.7 Å². The number of benzene rings is 3. The summed E-state index contributed by atoms with van der Waals surface area (Å²) in [5.74, 6) is 0.298. The number of rotatable bonds is 6. The molecule has 1 aliphatic rings. The van der Waals surface area contributed by atoms with Gasteiger partial charge in [0.1, 0.15) is 0 Å². The molecule has 37 heavy (non-hydrogen) atoms. The molecule has 3 aromatic rings. The van der Waals surface area contributed by atoms with Crippen LogP contribution >= 0.6 is 0 Å². The van der Waals surface area contributed by atoms with Crippen LogP contribution in [-0.4, -0.2) is 0 Å². The Morgan fingerprint density at radius 1 is 0.649 bits per heavy atom. The zero-order valence-electron chi connectivity index (χ0n) is 21.5. The molecule has 1 aliphatic carbocycles. The van der Waals surface area contributed by atoms with Gasteiger partial charge in [-0.2, -0.15) is 6.08 Å². The molecule has 3 nitrogen and oxygen atoms in total. The summed E-state index contributed by atoms with van der Waals surface area (Å²) in [6.45, 7) is 12.7. The first-order valence-electron chi connectivity index (χ1n) is 11.7. The van der Waals surface area contributed by atoms with Crippen molar-refractivity contribution in [2.45, 2.75) is 32.6 Å². The van der Waals surface area contributed by atoms with E-state index in [4.69, 9.17) is 0 Å². The molecule has 0 bridgehead atoms. The van der Waals surface area contributed by atoms with Gasteiger partial charge in [0.05, 0.1) is 0 Å². The largest absolute Gasteiger partial charge is 4.00 e. The minimum Gasteiger partial charge on any atom is -0.872 e. The first-order valence-corrected chi connectivity index (χ1v) is 11.7. The second-order valence-electron chi connectivity index (χ2n) is 7.77. The standard InChI is InChI=1S/3C9H10O.C6H7.Ti/c3*1-2-5-8-6-3-4-7-9(8)10;1-6-4-2-3-5-6;/h3*2-4,6-7,10H,1,5H2;2,4H,3H2,1H3;/q;;;-1;+4/p-3. The van der Waals surface area contributed by atoms with Gasteiger partial charge in [-0.3, -0.25) is 6.08 Å². The Balaban J connectivity index is 0.000000470. The van der Waals surface area contributed by atoms with Crippen molar-refractivity contribution in [3.63, 3.8) is 0 Å². The summed E-state index contributed by atoms with van der Waals surface area (Å²) in [7, 11) is 0. The van der Waals surface area contributed by atoms with Crippen LogP contribution in [0.4, 0.5) is 0 Å². The third kappa shape index (κ3) is 14.6. The van der Waals surface area contributed by atoms with E-state index >= 15 is 0 Å². The third-order valence-electron chi connectivity index (χ3n) is 4.88. The number of hydrogen-bond acceptors (Lipinski definition) is 3. The van der Waals surface area contributed by atoms with Crippen LogP contribution in [0.2, 0.25) is 0 Å². The Hall–Kier alpha value is -3.53. The normalized spacial score (nSPS) is 10.5. The molecule has 3 aromatic carbocycles. The van der Waals surface area contributed by atoms with E-state index in [1.807, 2.05) is 36.4 Å². The first-order chi connectivity index (χ1) is 17.4. The maximum absolute atomic E-state index is 11.0. The molecule has 4 heteroatoms. The van der Waals surface area contributed by atoms with E-state index in [0.717, 1.165) is 23.1 Å². The van der Waals surface area contributed by atoms with Crippen LogP contribution in [0, 0.1) is 6.08 Å². The molecule has 4 rings (SSSR count). The fourth-order valence-electron chi connectivity index (χ4n) is 3.00. The Morgan fingerprint density at radius 3 is 1.16 bits per heavy atom.